The van der Waals surface area contributed by atoms with Gasteiger partial charge in [-0.3, -0.25) is 4.98 Å². The highest BCUT2D eigenvalue weighted by Crippen LogP contribution is 2.35. The van der Waals surface area contributed by atoms with E-state index in [1.807, 2.05) is 13.2 Å². The largest absolute Gasteiger partial charge is 0.372 e. The van der Waals surface area contributed by atoms with Crippen LogP contribution < -0.4 is 10.2 Å². The molecule has 1 aliphatic rings. The number of hydrogen-bond acceptors (Lipinski definition) is 4. The Hall–Kier alpha value is -1.32. The van der Waals surface area contributed by atoms with Crippen molar-refractivity contribution < 1.29 is 0 Å². The van der Waals surface area contributed by atoms with Gasteiger partial charge in [0.05, 0.1) is 12.4 Å². The minimum absolute atomic E-state index is 0.561. The lowest BCUT2D eigenvalue weighted by atomic mass is 10.2. The Morgan fingerprint density at radius 1 is 1.47 bits per heavy atom. The molecular weight excluding hydrogens is 188 g/mol. The first kappa shape index (κ1) is 10.2. The van der Waals surface area contributed by atoms with E-state index in [1.165, 1.54) is 12.8 Å². The molecule has 1 N–H and O–H groups in total. The minimum Gasteiger partial charge on any atom is -0.372 e. The summed E-state index contributed by atoms with van der Waals surface area (Å²) in [7, 11) is 3.95. The molecule has 1 aromatic heterocycles. The van der Waals surface area contributed by atoms with Gasteiger partial charge in [0.25, 0.3) is 0 Å². The van der Waals surface area contributed by atoms with Gasteiger partial charge in [0.15, 0.2) is 0 Å². The highest BCUT2D eigenvalue weighted by molar-refractivity contribution is 5.43. The summed E-state index contributed by atoms with van der Waals surface area (Å²) in [6, 6.07) is 0.561. The summed E-state index contributed by atoms with van der Waals surface area (Å²) in [5, 5.41) is 3.01. The predicted octanol–water partition coefficient (Wildman–Crippen LogP) is 1.75. The molecule has 1 atom stereocenters. The smallest absolute Gasteiger partial charge is 0.149 e. The average molecular weight is 206 g/mol. The maximum absolute atomic E-state index is 4.47. The highest BCUT2D eigenvalue weighted by atomic mass is 15.2. The van der Waals surface area contributed by atoms with E-state index in [0.717, 1.165) is 17.6 Å². The Morgan fingerprint density at radius 2 is 2.20 bits per heavy atom. The van der Waals surface area contributed by atoms with Gasteiger partial charge in [0.1, 0.15) is 11.6 Å². The Morgan fingerprint density at radius 3 is 2.80 bits per heavy atom. The van der Waals surface area contributed by atoms with Gasteiger partial charge < -0.3 is 10.2 Å². The number of hydrogen-bond donors (Lipinski definition) is 1. The van der Waals surface area contributed by atoms with Crippen molar-refractivity contribution in [2.24, 2.45) is 5.92 Å². The van der Waals surface area contributed by atoms with Crippen LogP contribution in [0, 0.1) is 5.92 Å². The lowest BCUT2D eigenvalue weighted by molar-refractivity contribution is 0.603. The molecule has 1 aliphatic carbocycles. The minimum atomic E-state index is 0.561. The third-order valence-corrected chi connectivity index (χ3v) is 3.15. The zero-order valence-corrected chi connectivity index (χ0v) is 9.57. The number of aromatic nitrogens is 2. The second-order valence-electron chi connectivity index (χ2n) is 4.20. The molecule has 0 spiro atoms. The molecule has 4 heteroatoms. The third-order valence-electron chi connectivity index (χ3n) is 3.15. The molecule has 15 heavy (non-hydrogen) atoms. The summed E-state index contributed by atoms with van der Waals surface area (Å²) in [5.41, 5.74) is 0. The molecule has 1 fully saturated rings. The number of anilines is 2. The van der Waals surface area contributed by atoms with Crippen molar-refractivity contribution in [1.29, 1.82) is 0 Å². The number of rotatable bonds is 4. The molecule has 1 heterocycles. The Kier molecular flexibility index (Phi) is 2.75. The van der Waals surface area contributed by atoms with Crippen molar-refractivity contribution in [3.63, 3.8) is 0 Å². The molecule has 0 saturated heterocycles. The van der Waals surface area contributed by atoms with Crippen LogP contribution in [0.3, 0.4) is 0 Å². The molecule has 1 unspecified atom stereocenters. The first-order chi connectivity index (χ1) is 7.22. The van der Waals surface area contributed by atoms with Crippen molar-refractivity contribution in [2.45, 2.75) is 25.8 Å². The molecule has 1 aromatic rings. The van der Waals surface area contributed by atoms with Crippen LogP contribution in [-0.2, 0) is 0 Å². The first-order valence-corrected chi connectivity index (χ1v) is 5.45. The first-order valence-electron chi connectivity index (χ1n) is 5.45. The maximum Gasteiger partial charge on any atom is 0.149 e. The van der Waals surface area contributed by atoms with Crippen LogP contribution in [0.25, 0.3) is 0 Å². The van der Waals surface area contributed by atoms with Gasteiger partial charge in [0, 0.05) is 20.1 Å². The monoisotopic (exact) mass is 206 g/mol. The van der Waals surface area contributed by atoms with Crippen LogP contribution in [0.4, 0.5) is 11.6 Å². The fourth-order valence-electron chi connectivity index (χ4n) is 1.75. The van der Waals surface area contributed by atoms with Crippen molar-refractivity contribution in [3.8, 4) is 0 Å². The maximum atomic E-state index is 4.47. The van der Waals surface area contributed by atoms with Gasteiger partial charge >= 0.3 is 0 Å². The fraction of sp³-hybridized carbons (Fsp3) is 0.636. The van der Waals surface area contributed by atoms with Gasteiger partial charge in [0.2, 0.25) is 0 Å². The van der Waals surface area contributed by atoms with E-state index in [2.05, 4.69) is 34.2 Å². The molecule has 4 nitrogen and oxygen atoms in total. The van der Waals surface area contributed by atoms with E-state index in [0.29, 0.717) is 6.04 Å². The van der Waals surface area contributed by atoms with Gasteiger partial charge in [-0.2, -0.15) is 0 Å². The lowest BCUT2D eigenvalue weighted by Gasteiger charge is -2.25. The normalized spacial score (nSPS) is 17.3. The van der Waals surface area contributed by atoms with Gasteiger partial charge in [-0.05, 0) is 25.7 Å². The Labute approximate surface area is 90.7 Å². The molecule has 2 rings (SSSR count). The van der Waals surface area contributed by atoms with E-state index >= 15 is 0 Å². The second kappa shape index (κ2) is 4.04. The summed E-state index contributed by atoms with van der Waals surface area (Å²) in [4.78, 5) is 10.9. The molecule has 0 amide bonds. The molecular formula is C11H18N4. The van der Waals surface area contributed by atoms with E-state index < -0.39 is 0 Å². The zero-order chi connectivity index (χ0) is 10.8. The summed E-state index contributed by atoms with van der Waals surface area (Å²) in [6.07, 6.45) is 6.26. The molecule has 82 valence electrons. The number of nitrogens with one attached hydrogen (secondary N) is 1. The van der Waals surface area contributed by atoms with E-state index in [4.69, 9.17) is 0 Å². The fourth-order valence-corrected chi connectivity index (χ4v) is 1.75. The standard InChI is InChI=1S/C11H18N4/c1-8(9-4-5-9)15(3)11-7-13-6-10(12-2)14-11/h6-9H,4-5H2,1-3H3,(H,12,14). The molecule has 0 aromatic carbocycles. The van der Waals surface area contributed by atoms with Crippen LogP contribution in [0.1, 0.15) is 19.8 Å². The predicted molar refractivity (Wildman–Crippen MR) is 62.2 cm³/mol. The van der Waals surface area contributed by atoms with Crippen LogP contribution >= 0.6 is 0 Å². The lowest BCUT2D eigenvalue weighted by Crippen LogP contribution is -2.31. The summed E-state index contributed by atoms with van der Waals surface area (Å²) in [5.74, 6) is 2.61. The van der Waals surface area contributed by atoms with E-state index in [-0.39, 0.29) is 0 Å². The Balaban J connectivity index is 2.12. The van der Waals surface area contributed by atoms with Crippen LogP contribution in [-0.4, -0.2) is 30.1 Å². The topological polar surface area (TPSA) is 41.1 Å². The molecule has 0 aliphatic heterocycles. The second-order valence-corrected chi connectivity index (χ2v) is 4.20. The highest BCUT2D eigenvalue weighted by Gasteiger charge is 2.31. The van der Waals surface area contributed by atoms with E-state index in [9.17, 15) is 0 Å². The summed E-state index contributed by atoms with van der Waals surface area (Å²) in [6.45, 7) is 2.26. The average Bonchev–Trinajstić information content (AvgIpc) is 3.11. The van der Waals surface area contributed by atoms with Gasteiger partial charge in [-0.1, -0.05) is 0 Å². The van der Waals surface area contributed by atoms with Gasteiger partial charge in [-0.15, -0.1) is 0 Å². The van der Waals surface area contributed by atoms with Gasteiger partial charge in [-0.25, -0.2) is 4.98 Å². The van der Waals surface area contributed by atoms with Crippen molar-refractivity contribution in [2.75, 3.05) is 24.3 Å². The Bertz CT molecular complexity index is 335. The van der Waals surface area contributed by atoms with Crippen LogP contribution in [0.2, 0.25) is 0 Å². The van der Waals surface area contributed by atoms with Crippen molar-refractivity contribution in [1.82, 2.24) is 9.97 Å². The molecule has 0 bridgehead atoms. The quantitative estimate of drug-likeness (QED) is 0.815. The number of nitrogens with zero attached hydrogens (tertiary/aromatic N) is 3. The van der Waals surface area contributed by atoms with E-state index in [1.54, 1.807) is 6.20 Å². The molecule has 0 radical (unpaired) electrons. The van der Waals surface area contributed by atoms with Crippen molar-refractivity contribution >= 4 is 11.6 Å². The van der Waals surface area contributed by atoms with Crippen LogP contribution in [0.5, 0.6) is 0 Å². The van der Waals surface area contributed by atoms with Crippen molar-refractivity contribution in [3.05, 3.63) is 12.4 Å². The molecule has 1 saturated carbocycles. The third kappa shape index (κ3) is 2.19. The zero-order valence-electron chi connectivity index (χ0n) is 9.57. The van der Waals surface area contributed by atoms with Crippen LogP contribution in [0.15, 0.2) is 12.4 Å². The SMILES string of the molecule is CNc1cncc(N(C)C(C)C2CC2)n1. The summed E-state index contributed by atoms with van der Waals surface area (Å²) < 4.78 is 0. The summed E-state index contributed by atoms with van der Waals surface area (Å²) >= 11 is 0.